The van der Waals surface area contributed by atoms with Crippen molar-refractivity contribution in [3.8, 4) is 5.88 Å². The molecule has 244 valence electrons. The third-order valence-electron chi connectivity index (χ3n) is 6.43. The Labute approximate surface area is 270 Å². The molecule has 1 aliphatic heterocycles. The van der Waals surface area contributed by atoms with E-state index in [-0.39, 0.29) is 18.1 Å². The van der Waals surface area contributed by atoms with Crippen LogP contribution in [0, 0.1) is 0 Å². The Kier molecular flexibility index (Phi) is 19.8. The molecule has 1 atom stereocenters. The molecule has 9 heteroatoms. The molecule has 1 aromatic rings. The summed E-state index contributed by atoms with van der Waals surface area (Å²) in [5, 5.41) is 3.41. The van der Waals surface area contributed by atoms with E-state index in [0.717, 1.165) is 69.2 Å². The third-order valence-corrected chi connectivity index (χ3v) is 6.93. The summed E-state index contributed by atoms with van der Waals surface area (Å²) < 4.78 is 26.0. The van der Waals surface area contributed by atoms with E-state index in [1.54, 1.807) is 0 Å². The molecule has 1 saturated heterocycles. The monoisotopic (exact) mass is 626 g/mol. The first-order valence-electron chi connectivity index (χ1n) is 16.0. The minimum atomic E-state index is -0.439. The zero-order valence-electron chi connectivity index (χ0n) is 27.3. The number of rotatable bonds is 21. The van der Waals surface area contributed by atoms with Crippen molar-refractivity contribution in [2.45, 2.75) is 90.7 Å². The maximum atomic E-state index is 12.6. The first-order chi connectivity index (χ1) is 21.4. The summed E-state index contributed by atoms with van der Waals surface area (Å²) in [5.74, 6) is 0.968. The summed E-state index contributed by atoms with van der Waals surface area (Å²) >= 11 is 1.12. The summed E-state index contributed by atoms with van der Waals surface area (Å²) in [7, 11) is 0. The number of allylic oxidation sites excluding steroid dienone is 12. The van der Waals surface area contributed by atoms with Crippen molar-refractivity contribution in [3.63, 3.8) is 0 Å². The average Bonchev–Trinajstić information content (AvgIpc) is 3.48. The van der Waals surface area contributed by atoms with Gasteiger partial charge < -0.3 is 24.4 Å². The second-order valence-electron chi connectivity index (χ2n) is 11.5. The molecular formula is C35H54N4O4S. The lowest BCUT2D eigenvalue weighted by molar-refractivity contribution is -0.150. The number of esters is 1. The topological polar surface area (TPSA) is 85.8 Å². The van der Waals surface area contributed by atoms with Gasteiger partial charge in [0.1, 0.15) is 12.7 Å². The Morgan fingerprint density at radius 2 is 1.43 bits per heavy atom. The first kappa shape index (κ1) is 37.2. The molecule has 2 rings (SSSR count). The molecule has 1 fully saturated rings. The van der Waals surface area contributed by atoms with E-state index < -0.39 is 6.10 Å². The van der Waals surface area contributed by atoms with Crippen LogP contribution in [0.1, 0.15) is 79.1 Å². The van der Waals surface area contributed by atoms with Crippen LogP contribution in [-0.4, -0.2) is 65.8 Å². The standard InChI is InChI=1S/C35H54N4O4S/c1-5-6-7-8-9-10-11-12-13-14-15-16-17-18-19-20-21-22-23-24-32(40)43-31(29-36-35(2,3)4)30-42-34-33(37-44-38-34)39-25-27-41-28-26-39/h6-7,9-10,12-13,15-16,18-19,21-22,31,36H,5,8,11,14,17,20,23-30H2,1-4H3/b7-6-,10-9-,13-12-,16-15-,19-18-,22-21-/t31-/m0/s1. The highest BCUT2D eigenvalue weighted by atomic mass is 32.1. The van der Waals surface area contributed by atoms with Crippen molar-refractivity contribution < 1.29 is 19.0 Å². The van der Waals surface area contributed by atoms with Crippen LogP contribution in [0.3, 0.4) is 0 Å². The molecule has 0 aromatic carbocycles. The predicted molar refractivity (Wildman–Crippen MR) is 184 cm³/mol. The molecule has 1 N–H and O–H groups in total. The predicted octanol–water partition coefficient (Wildman–Crippen LogP) is 7.53. The van der Waals surface area contributed by atoms with Crippen LogP contribution < -0.4 is 15.0 Å². The Hall–Kier alpha value is -3.01. The van der Waals surface area contributed by atoms with Gasteiger partial charge in [-0.15, -0.1) is 4.37 Å². The van der Waals surface area contributed by atoms with E-state index in [0.29, 0.717) is 38.5 Å². The van der Waals surface area contributed by atoms with E-state index in [1.807, 2.05) is 6.08 Å². The summed E-state index contributed by atoms with van der Waals surface area (Å²) in [6, 6.07) is 0. The molecule has 0 amide bonds. The molecule has 2 heterocycles. The Morgan fingerprint density at radius 3 is 1.98 bits per heavy atom. The number of ether oxygens (including phenoxy) is 3. The van der Waals surface area contributed by atoms with Crippen molar-refractivity contribution in [2.75, 3.05) is 44.4 Å². The fraction of sp³-hybridized carbons (Fsp3) is 0.571. The van der Waals surface area contributed by atoms with Crippen LogP contribution in [0.5, 0.6) is 5.88 Å². The maximum absolute atomic E-state index is 12.6. The van der Waals surface area contributed by atoms with Gasteiger partial charge in [0.25, 0.3) is 5.88 Å². The third kappa shape index (κ3) is 18.6. The fourth-order valence-electron chi connectivity index (χ4n) is 4.05. The lowest BCUT2D eigenvalue weighted by atomic mass is 10.1. The van der Waals surface area contributed by atoms with E-state index in [9.17, 15) is 4.79 Å². The van der Waals surface area contributed by atoms with Crippen LogP contribution in [-0.2, 0) is 14.3 Å². The van der Waals surface area contributed by atoms with Gasteiger partial charge in [0.2, 0.25) is 5.82 Å². The lowest BCUT2D eigenvalue weighted by Crippen LogP contribution is -2.44. The molecule has 0 radical (unpaired) electrons. The number of hydrogen-bond donors (Lipinski definition) is 1. The van der Waals surface area contributed by atoms with Crippen molar-refractivity contribution >= 4 is 23.5 Å². The molecule has 8 nitrogen and oxygen atoms in total. The highest BCUT2D eigenvalue weighted by molar-refractivity contribution is 6.99. The highest BCUT2D eigenvalue weighted by Gasteiger charge is 2.23. The maximum Gasteiger partial charge on any atom is 0.306 e. The molecule has 0 aliphatic carbocycles. The average molecular weight is 627 g/mol. The SMILES string of the molecule is CC/C=C\C/C=C\C/C=C\C/C=C\C/C=C\C/C=C\CCC(=O)O[C@@H](CNC(C)(C)C)COc1nsnc1N1CCOCC1. The smallest absolute Gasteiger partial charge is 0.306 e. The number of morpholine rings is 1. The molecule has 0 spiro atoms. The number of carbonyl (C=O) groups excluding carboxylic acids is 1. The minimum Gasteiger partial charge on any atom is -0.470 e. The van der Waals surface area contributed by atoms with Gasteiger partial charge in [-0.3, -0.25) is 4.79 Å². The number of carbonyl (C=O) groups is 1. The normalized spacial score (nSPS) is 15.7. The van der Waals surface area contributed by atoms with Gasteiger partial charge in [-0.1, -0.05) is 79.8 Å². The zero-order chi connectivity index (χ0) is 31.7. The number of nitrogens with zero attached hydrogens (tertiary/aromatic N) is 3. The van der Waals surface area contributed by atoms with Crippen LogP contribution in [0.25, 0.3) is 0 Å². The molecule has 0 unspecified atom stereocenters. The number of anilines is 1. The van der Waals surface area contributed by atoms with Gasteiger partial charge in [0.15, 0.2) is 0 Å². The van der Waals surface area contributed by atoms with Crippen LogP contribution in [0.2, 0.25) is 0 Å². The van der Waals surface area contributed by atoms with Crippen LogP contribution in [0.4, 0.5) is 5.82 Å². The summed E-state index contributed by atoms with van der Waals surface area (Å²) in [6.07, 6.45) is 32.4. The number of hydrogen-bond acceptors (Lipinski definition) is 9. The first-order valence-corrected chi connectivity index (χ1v) is 16.7. The molecular weight excluding hydrogens is 572 g/mol. The summed E-state index contributed by atoms with van der Waals surface area (Å²) in [6.45, 7) is 11.9. The Bertz CT molecular complexity index is 1080. The summed E-state index contributed by atoms with van der Waals surface area (Å²) in [4.78, 5) is 14.7. The van der Waals surface area contributed by atoms with Gasteiger partial charge in [0, 0.05) is 31.6 Å². The molecule has 44 heavy (non-hydrogen) atoms. The van der Waals surface area contributed by atoms with E-state index in [1.165, 1.54) is 0 Å². The van der Waals surface area contributed by atoms with E-state index in [4.69, 9.17) is 14.2 Å². The van der Waals surface area contributed by atoms with Gasteiger partial charge in [-0.25, -0.2) is 0 Å². The quantitative estimate of drug-likeness (QED) is 0.111. The fourth-order valence-corrected chi connectivity index (χ4v) is 4.57. The highest BCUT2D eigenvalue weighted by Crippen LogP contribution is 2.26. The number of nitrogens with one attached hydrogen (secondary N) is 1. The van der Waals surface area contributed by atoms with E-state index >= 15 is 0 Å². The summed E-state index contributed by atoms with van der Waals surface area (Å²) in [5.41, 5.74) is -0.113. The Morgan fingerprint density at radius 1 is 0.886 bits per heavy atom. The van der Waals surface area contributed by atoms with Gasteiger partial charge in [-0.2, -0.15) is 4.37 Å². The van der Waals surface area contributed by atoms with Crippen LogP contribution >= 0.6 is 11.7 Å². The lowest BCUT2D eigenvalue weighted by Gasteiger charge is -2.27. The van der Waals surface area contributed by atoms with Crippen molar-refractivity contribution in [3.05, 3.63) is 72.9 Å². The molecule has 0 bridgehead atoms. The van der Waals surface area contributed by atoms with E-state index in [2.05, 4.69) is 113 Å². The Balaban J connectivity index is 1.63. The van der Waals surface area contributed by atoms with Crippen molar-refractivity contribution in [1.82, 2.24) is 14.1 Å². The van der Waals surface area contributed by atoms with Gasteiger partial charge >= 0.3 is 5.97 Å². The van der Waals surface area contributed by atoms with Crippen molar-refractivity contribution in [2.24, 2.45) is 0 Å². The van der Waals surface area contributed by atoms with Gasteiger partial charge in [-0.05, 0) is 65.7 Å². The number of aromatic nitrogens is 2. The zero-order valence-corrected chi connectivity index (χ0v) is 28.1. The second kappa shape index (κ2) is 23.4. The second-order valence-corrected chi connectivity index (χ2v) is 12.0. The van der Waals surface area contributed by atoms with Gasteiger partial charge in [0.05, 0.1) is 24.9 Å². The molecule has 0 saturated carbocycles. The molecule has 1 aromatic heterocycles. The van der Waals surface area contributed by atoms with Crippen LogP contribution in [0.15, 0.2) is 72.9 Å². The van der Waals surface area contributed by atoms with Crippen molar-refractivity contribution in [1.29, 1.82) is 0 Å². The largest absolute Gasteiger partial charge is 0.470 e. The molecule has 1 aliphatic rings. The minimum absolute atomic E-state index is 0.113.